The van der Waals surface area contributed by atoms with E-state index in [2.05, 4.69) is 20.7 Å². The van der Waals surface area contributed by atoms with Gasteiger partial charge in [-0.25, -0.2) is 0 Å². The standard InChI is InChI=1S/C19H18N6O4S/c1-12(26)18(22-20-14-6-8-15(9-7-14)25(27)28)30-19-23-21-17(24(19)2)13-4-10-16(29-3)11-5-13/h4-11,20H,1-3H3/b22-18+. The van der Waals surface area contributed by atoms with E-state index in [1.165, 1.54) is 31.2 Å². The fourth-order valence-electron chi connectivity index (χ4n) is 2.43. The Morgan fingerprint density at radius 1 is 1.17 bits per heavy atom. The minimum atomic E-state index is -0.488. The largest absolute Gasteiger partial charge is 0.497 e. The molecule has 0 aliphatic rings. The first-order valence-corrected chi connectivity index (χ1v) is 9.51. The molecule has 1 aromatic heterocycles. The highest BCUT2D eigenvalue weighted by Gasteiger charge is 2.17. The van der Waals surface area contributed by atoms with Crippen LogP contribution in [0, 0.1) is 10.1 Å². The van der Waals surface area contributed by atoms with Crippen LogP contribution in [-0.4, -0.2) is 37.6 Å². The summed E-state index contributed by atoms with van der Waals surface area (Å²) in [6.45, 7) is 1.39. The predicted molar refractivity (Wildman–Crippen MR) is 114 cm³/mol. The molecule has 11 heteroatoms. The van der Waals surface area contributed by atoms with Crippen molar-refractivity contribution in [1.29, 1.82) is 0 Å². The average Bonchev–Trinajstić information content (AvgIpc) is 3.11. The number of anilines is 1. The summed E-state index contributed by atoms with van der Waals surface area (Å²) in [6.07, 6.45) is 0. The zero-order valence-electron chi connectivity index (χ0n) is 16.4. The molecule has 0 radical (unpaired) electrons. The third-order valence-corrected chi connectivity index (χ3v) is 5.15. The molecule has 3 rings (SSSR count). The Kier molecular flexibility index (Phi) is 6.42. The van der Waals surface area contributed by atoms with E-state index in [0.717, 1.165) is 23.1 Å². The smallest absolute Gasteiger partial charge is 0.269 e. The first-order valence-electron chi connectivity index (χ1n) is 8.70. The molecule has 0 amide bonds. The zero-order valence-corrected chi connectivity index (χ0v) is 17.2. The minimum absolute atomic E-state index is 0.0316. The number of hydrogen-bond acceptors (Lipinski definition) is 9. The average molecular weight is 426 g/mol. The molecular weight excluding hydrogens is 408 g/mol. The van der Waals surface area contributed by atoms with Crippen LogP contribution in [0.2, 0.25) is 0 Å². The summed E-state index contributed by atoms with van der Waals surface area (Å²) >= 11 is 1.07. The summed E-state index contributed by atoms with van der Waals surface area (Å²) in [5.41, 5.74) is 4.06. The first kappa shape index (κ1) is 21.0. The lowest BCUT2D eigenvalue weighted by molar-refractivity contribution is -0.384. The number of nitro groups is 1. The van der Waals surface area contributed by atoms with Crippen molar-refractivity contribution in [1.82, 2.24) is 14.8 Å². The van der Waals surface area contributed by atoms with Crippen molar-refractivity contribution in [2.75, 3.05) is 12.5 Å². The van der Waals surface area contributed by atoms with Gasteiger partial charge in [0.05, 0.1) is 17.7 Å². The van der Waals surface area contributed by atoms with E-state index in [0.29, 0.717) is 16.7 Å². The number of nitrogens with zero attached hydrogens (tertiary/aromatic N) is 5. The summed E-state index contributed by atoms with van der Waals surface area (Å²) in [7, 11) is 3.39. The minimum Gasteiger partial charge on any atom is -0.497 e. The van der Waals surface area contributed by atoms with Gasteiger partial charge >= 0.3 is 0 Å². The number of nitro benzene ring substituents is 1. The number of ether oxygens (including phenoxy) is 1. The maximum Gasteiger partial charge on any atom is 0.269 e. The van der Waals surface area contributed by atoms with E-state index in [9.17, 15) is 14.9 Å². The van der Waals surface area contributed by atoms with E-state index in [4.69, 9.17) is 4.74 Å². The lowest BCUT2D eigenvalue weighted by atomic mass is 10.2. The number of nitrogens with one attached hydrogen (secondary N) is 1. The van der Waals surface area contributed by atoms with Gasteiger partial charge in [-0.15, -0.1) is 10.2 Å². The van der Waals surface area contributed by atoms with Crippen molar-refractivity contribution in [2.45, 2.75) is 12.1 Å². The second-order valence-electron chi connectivity index (χ2n) is 6.08. The number of Topliss-reactive ketones (excluding diaryl/α,β-unsaturated/α-hetero) is 1. The van der Waals surface area contributed by atoms with E-state index in [1.54, 1.807) is 18.7 Å². The second-order valence-corrected chi connectivity index (χ2v) is 7.04. The van der Waals surface area contributed by atoms with E-state index in [1.807, 2.05) is 24.3 Å². The van der Waals surface area contributed by atoms with Gasteiger partial charge in [0.1, 0.15) is 5.75 Å². The van der Waals surface area contributed by atoms with Gasteiger partial charge in [-0.1, -0.05) is 0 Å². The van der Waals surface area contributed by atoms with Gasteiger partial charge in [-0.2, -0.15) is 5.10 Å². The zero-order chi connectivity index (χ0) is 21.7. The number of carbonyl (C=O) groups is 1. The Morgan fingerprint density at radius 2 is 1.83 bits per heavy atom. The topological polar surface area (TPSA) is 125 Å². The highest BCUT2D eigenvalue weighted by Crippen LogP contribution is 2.25. The number of benzene rings is 2. The number of ketones is 1. The van der Waals surface area contributed by atoms with Gasteiger partial charge in [0.2, 0.25) is 0 Å². The highest BCUT2D eigenvalue weighted by molar-refractivity contribution is 8.15. The van der Waals surface area contributed by atoms with Crippen LogP contribution in [0.15, 0.2) is 58.8 Å². The Morgan fingerprint density at radius 3 is 2.40 bits per heavy atom. The van der Waals surface area contributed by atoms with Gasteiger partial charge in [0.25, 0.3) is 5.69 Å². The molecule has 0 spiro atoms. The maximum atomic E-state index is 12.0. The second kappa shape index (κ2) is 9.18. The fourth-order valence-corrected chi connectivity index (χ4v) is 3.14. The van der Waals surface area contributed by atoms with Crippen molar-refractivity contribution in [2.24, 2.45) is 12.1 Å². The fraction of sp³-hybridized carbons (Fsp3) is 0.158. The first-order chi connectivity index (χ1) is 14.4. The summed E-state index contributed by atoms with van der Waals surface area (Å²) in [5.74, 6) is 1.11. The van der Waals surface area contributed by atoms with Crippen LogP contribution in [0.1, 0.15) is 6.92 Å². The molecule has 1 N–H and O–H groups in total. The van der Waals surface area contributed by atoms with Crippen molar-refractivity contribution in [3.8, 4) is 17.1 Å². The van der Waals surface area contributed by atoms with E-state index >= 15 is 0 Å². The molecular formula is C19H18N6O4S. The summed E-state index contributed by atoms with van der Waals surface area (Å²) in [4.78, 5) is 22.3. The van der Waals surface area contributed by atoms with Gasteiger partial charge < -0.3 is 9.30 Å². The van der Waals surface area contributed by atoms with Crippen molar-refractivity contribution >= 4 is 34.0 Å². The van der Waals surface area contributed by atoms with Crippen LogP contribution in [-0.2, 0) is 11.8 Å². The summed E-state index contributed by atoms with van der Waals surface area (Å²) in [5, 5.41) is 23.9. The number of aromatic nitrogens is 3. The van der Waals surface area contributed by atoms with Crippen molar-refractivity contribution < 1.29 is 14.5 Å². The van der Waals surface area contributed by atoms with Crippen LogP contribution in [0.4, 0.5) is 11.4 Å². The Balaban J connectivity index is 1.78. The number of hydrazone groups is 1. The number of thioether (sulfide) groups is 1. The molecule has 154 valence electrons. The van der Waals surface area contributed by atoms with Gasteiger partial charge in [0, 0.05) is 31.7 Å². The molecule has 0 saturated heterocycles. The summed E-state index contributed by atoms with van der Waals surface area (Å²) in [6, 6.07) is 13.1. The van der Waals surface area contributed by atoms with Crippen LogP contribution in [0.5, 0.6) is 5.75 Å². The van der Waals surface area contributed by atoms with Gasteiger partial charge in [0.15, 0.2) is 21.8 Å². The molecule has 0 unspecified atom stereocenters. The predicted octanol–water partition coefficient (Wildman–Crippen LogP) is 3.51. The Labute approximate surface area is 176 Å². The monoisotopic (exact) mass is 426 g/mol. The SMILES string of the molecule is COc1ccc(-c2nnc(S/C(=N/Nc3ccc([N+](=O)[O-])cc3)C(C)=O)n2C)cc1. The van der Waals surface area contributed by atoms with Crippen LogP contribution < -0.4 is 10.2 Å². The third kappa shape index (κ3) is 4.81. The summed E-state index contributed by atoms with van der Waals surface area (Å²) < 4.78 is 6.92. The van der Waals surface area contributed by atoms with Crippen LogP contribution in [0.3, 0.4) is 0 Å². The molecule has 0 aliphatic carbocycles. The number of methoxy groups -OCH3 is 1. The lowest BCUT2D eigenvalue weighted by Gasteiger charge is -2.06. The molecule has 2 aromatic carbocycles. The number of hydrogen-bond donors (Lipinski definition) is 1. The molecule has 10 nitrogen and oxygen atoms in total. The van der Waals surface area contributed by atoms with E-state index < -0.39 is 4.92 Å². The lowest BCUT2D eigenvalue weighted by Crippen LogP contribution is -2.09. The third-order valence-electron chi connectivity index (χ3n) is 4.04. The molecule has 3 aromatic rings. The van der Waals surface area contributed by atoms with Crippen LogP contribution in [0.25, 0.3) is 11.4 Å². The Bertz CT molecular complexity index is 1090. The number of rotatable bonds is 7. The molecule has 0 bridgehead atoms. The molecule has 1 heterocycles. The highest BCUT2D eigenvalue weighted by atomic mass is 32.2. The molecule has 0 saturated carbocycles. The van der Waals surface area contributed by atoms with Gasteiger partial charge in [-0.3, -0.25) is 20.3 Å². The molecule has 0 aliphatic heterocycles. The van der Waals surface area contributed by atoms with Crippen molar-refractivity contribution in [3.05, 3.63) is 58.6 Å². The maximum absolute atomic E-state index is 12.0. The molecule has 0 atom stereocenters. The number of non-ortho nitro benzene ring substituents is 1. The van der Waals surface area contributed by atoms with Crippen LogP contribution >= 0.6 is 11.8 Å². The molecule has 0 fully saturated rings. The number of carbonyl (C=O) groups excluding carboxylic acids is 1. The van der Waals surface area contributed by atoms with E-state index in [-0.39, 0.29) is 16.5 Å². The molecule has 30 heavy (non-hydrogen) atoms. The van der Waals surface area contributed by atoms with Gasteiger partial charge in [-0.05, 0) is 48.2 Å². The quantitative estimate of drug-likeness (QED) is 0.200. The van der Waals surface area contributed by atoms with Crippen molar-refractivity contribution in [3.63, 3.8) is 0 Å². The Hall–Kier alpha value is -3.73. The normalized spacial score (nSPS) is 11.2.